The molecule has 0 atom stereocenters. The number of rotatable bonds is 1. The van der Waals surface area contributed by atoms with Crippen LogP contribution >= 0.6 is 11.8 Å². The van der Waals surface area contributed by atoms with E-state index < -0.39 is 17.3 Å². The second kappa shape index (κ2) is 4.95. The van der Waals surface area contributed by atoms with Crippen molar-refractivity contribution in [2.75, 3.05) is 13.3 Å². The molecule has 0 aromatic carbocycles. The van der Waals surface area contributed by atoms with E-state index in [1.807, 2.05) is 5.32 Å². The fraction of sp³-hybridized carbons (Fsp3) is 0.600. The number of carbonyl (C=O) groups is 1. The van der Waals surface area contributed by atoms with Gasteiger partial charge in [0.25, 0.3) is 0 Å². The molecular weight excluding hydrogens is 209 g/mol. The first-order chi connectivity index (χ1) is 5.91. The van der Waals surface area contributed by atoms with E-state index in [0.29, 0.717) is 11.8 Å². The minimum absolute atomic E-state index is 0.349. The second-order valence-electron chi connectivity index (χ2n) is 1.73. The van der Waals surface area contributed by atoms with Crippen molar-refractivity contribution in [3.8, 4) is 0 Å². The number of nitrogens with zero attached hydrogens (tertiary/aromatic N) is 1. The number of halogens is 3. The molecule has 4 nitrogen and oxygen atoms in total. The van der Waals surface area contributed by atoms with Crippen molar-refractivity contribution in [2.24, 2.45) is 5.16 Å². The van der Waals surface area contributed by atoms with Crippen molar-refractivity contribution in [1.82, 2.24) is 5.32 Å². The first-order valence-electron chi connectivity index (χ1n) is 2.99. The molecule has 8 heteroatoms. The number of thioether (sulfide) groups is 1. The van der Waals surface area contributed by atoms with Crippen molar-refractivity contribution < 1.29 is 22.8 Å². The highest BCUT2D eigenvalue weighted by atomic mass is 32.2. The molecule has 0 fully saturated rings. The zero-order chi connectivity index (χ0) is 10.5. The van der Waals surface area contributed by atoms with Crippen molar-refractivity contribution >= 4 is 22.9 Å². The van der Waals surface area contributed by atoms with Gasteiger partial charge in [-0.3, -0.25) is 4.84 Å². The first-order valence-corrected chi connectivity index (χ1v) is 4.22. The maximum atomic E-state index is 11.9. The molecule has 0 aliphatic rings. The molecule has 0 aliphatic heterocycles. The number of amides is 1. The Balaban J connectivity index is 4.33. The Bertz CT molecular complexity index is 216. The maximum absolute atomic E-state index is 11.9. The summed E-state index contributed by atoms with van der Waals surface area (Å²) < 4.78 is 35.7. The summed E-state index contributed by atoms with van der Waals surface area (Å²) in [5.74, 6) is 0. The summed E-state index contributed by atoms with van der Waals surface area (Å²) in [7, 11) is 1.21. The monoisotopic (exact) mass is 216 g/mol. The van der Waals surface area contributed by atoms with Crippen LogP contribution in [0, 0.1) is 0 Å². The lowest BCUT2D eigenvalue weighted by Gasteiger charge is -2.05. The number of oxime groups is 1. The van der Waals surface area contributed by atoms with E-state index in [9.17, 15) is 18.0 Å². The molecule has 0 aromatic heterocycles. The van der Waals surface area contributed by atoms with Crippen LogP contribution in [0.5, 0.6) is 0 Å². The van der Waals surface area contributed by atoms with Crippen LogP contribution in [0.3, 0.4) is 0 Å². The normalized spacial score (nSPS) is 12.5. The highest BCUT2D eigenvalue weighted by Crippen LogP contribution is 2.23. The quantitative estimate of drug-likeness (QED) is 0.313. The second-order valence-corrected chi connectivity index (χ2v) is 2.52. The van der Waals surface area contributed by atoms with Gasteiger partial charge in [0.1, 0.15) is 0 Å². The van der Waals surface area contributed by atoms with Crippen molar-refractivity contribution in [3.63, 3.8) is 0 Å². The van der Waals surface area contributed by atoms with E-state index >= 15 is 0 Å². The van der Waals surface area contributed by atoms with Crippen LogP contribution in [0.25, 0.3) is 0 Å². The molecule has 0 bridgehead atoms. The molecule has 0 rings (SSSR count). The third-order valence-electron chi connectivity index (χ3n) is 0.851. The number of hydrogen-bond acceptors (Lipinski definition) is 4. The third-order valence-corrected chi connectivity index (χ3v) is 1.54. The van der Waals surface area contributed by atoms with E-state index in [1.165, 1.54) is 13.3 Å². The number of hydrogen-bond donors (Lipinski definition) is 1. The van der Waals surface area contributed by atoms with Crippen molar-refractivity contribution in [2.45, 2.75) is 6.18 Å². The number of carbonyl (C=O) groups excluding carboxylic acids is 1. The van der Waals surface area contributed by atoms with Gasteiger partial charge >= 0.3 is 12.3 Å². The molecule has 0 spiro atoms. The summed E-state index contributed by atoms with van der Waals surface area (Å²) in [4.78, 5) is 14.2. The molecule has 0 heterocycles. The highest BCUT2D eigenvalue weighted by molar-refractivity contribution is 8.13. The van der Waals surface area contributed by atoms with Crippen LogP contribution in [0.4, 0.5) is 18.0 Å². The molecule has 0 aliphatic carbocycles. The lowest BCUT2D eigenvalue weighted by Crippen LogP contribution is -2.22. The minimum Gasteiger partial charge on any atom is -0.323 e. The van der Waals surface area contributed by atoms with Crippen molar-refractivity contribution in [3.05, 3.63) is 0 Å². The van der Waals surface area contributed by atoms with Crippen LogP contribution < -0.4 is 5.32 Å². The lowest BCUT2D eigenvalue weighted by atomic mass is 10.7. The molecule has 13 heavy (non-hydrogen) atoms. The standard InChI is InChI=1S/C5H7F3N2O2S/c1-9-4(11)12-10-3(13-2)5(6,7)8/h1-2H3,(H,9,11). The maximum Gasteiger partial charge on any atom is 0.442 e. The predicted molar refractivity (Wildman–Crippen MR) is 42.5 cm³/mol. The van der Waals surface area contributed by atoms with Crippen LogP contribution in [-0.4, -0.2) is 30.6 Å². The van der Waals surface area contributed by atoms with Gasteiger partial charge in [0, 0.05) is 7.05 Å². The Morgan fingerprint density at radius 1 is 1.54 bits per heavy atom. The zero-order valence-corrected chi connectivity index (χ0v) is 7.62. The SMILES string of the molecule is CNC(=O)ON=C(SC)C(F)(F)F. The molecule has 0 unspecified atom stereocenters. The zero-order valence-electron chi connectivity index (χ0n) is 6.81. The average molecular weight is 216 g/mol. The Labute approximate surface area is 76.5 Å². The minimum atomic E-state index is -4.59. The highest BCUT2D eigenvalue weighted by Gasteiger charge is 2.36. The van der Waals surface area contributed by atoms with Gasteiger partial charge in [0.05, 0.1) is 0 Å². The smallest absolute Gasteiger partial charge is 0.323 e. The lowest BCUT2D eigenvalue weighted by molar-refractivity contribution is -0.0574. The Kier molecular flexibility index (Phi) is 4.60. The Morgan fingerprint density at radius 2 is 2.08 bits per heavy atom. The number of nitrogens with one attached hydrogen (secondary N) is 1. The van der Waals surface area contributed by atoms with Gasteiger partial charge in [0.2, 0.25) is 5.04 Å². The average Bonchev–Trinajstić information content (AvgIpc) is 2.02. The van der Waals surface area contributed by atoms with Gasteiger partial charge in [-0.15, -0.1) is 11.8 Å². The van der Waals surface area contributed by atoms with Gasteiger partial charge in [-0.05, 0) is 6.26 Å². The van der Waals surface area contributed by atoms with Gasteiger partial charge < -0.3 is 5.32 Å². The van der Waals surface area contributed by atoms with E-state index in [4.69, 9.17) is 0 Å². The van der Waals surface area contributed by atoms with Gasteiger partial charge in [-0.2, -0.15) is 13.2 Å². The predicted octanol–water partition coefficient (Wildman–Crippen LogP) is 1.58. The van der Waals surface area contributed by atoms with Gasteiger partial charge in [-0.1, -0.05) is 5.16 Å². The molecule has 0 saturated carbocycles. The summed E-state index contributed by atoms with van der Waals surface area (Å²) in [5.41, 5.74) is 0. The third kappa shape index (κ3) is 4.61. The van der Waals surface area contributed by atoms with Crippen molar-refractivity contribution in [1.29, 1.82) is 0 Å². The van der Waals surface area contributed by atoms with E-state index in [1.54, 1.807) is 0 Å². The first kappa shape index (κ1) is 12.1. The molecule has 0 saturated heterocycles. The fourth-order valence-corrected chi connectivity index (χ4v) is 0.677. The molecule has 0 radical (unpaired) electrons. The molecule has 1 N–H and O–H groups in total. The molecule has 0 aromatic rings. The molecular formula is C5H7F3N2O2S. The topological polar surface area (TPSA) is 50.7 Å². The Morgan fingerprint density at radius 3 is 2.38 bits per heavy atom. The van der Waals surface area contributed by atoms with Crippen LogP contribution in [0.15, 0.2) is 5.16 Å². The summed E-state index contributed by atoms with van der Waals surface area (Å²) >= 11 is 0.349. The van der Waals surface area contributed by atoms with E-state index in [2.05, 4.69) is 9.99 Å². The van der Waals surface area contributed by atoms with Crippen LogP contribution in [0.1, 0.15) is 0 Å². The number of alkyl halides is 3. The van der Waals surface area contributed by atoms with Gasteiger partial charge in [-0.25, -0.2) is 4.79 Å². The summed E-state index contributed by atoms with van der Waals surface area (Å²) in [5, 5.41) is 3.37. The van der Waals surface area contributed by atoms with Gasteiger partial charge in [0.15, 0.2) is 0 Å². The summed E-state index contributed by atoms with van der Waals surface area (Å²) in [6, 6.07) is 0. The summed E-state index contributed by atoms with van der Waals surface area (Å²) in [6.07, 6.45) is -4.46. The molecule has 1 amide bonds. The Hall–Kier alpha value is -0.920. The summed E-state index contributed by atoms with van der Waals surface area (Å²) in [6.45, 7) is 0. The van der Waals surface area contributed by atoms with E-state index in [-0.39, 0.29) is 0 Å². The van der Waals surface area contributed by atoms with Crippen LogP contribution in [-0.2, 0) is 4.84 Å². The largest absolute Gasteiger partial charge is 0.442 e. The van der Waals surface area contributed by atoms with Crippen LogP contribution in [0.2, 0.25) is 0 Å². The fourth-order valence-electron chi connectivity index (χ4n) is 0.333. The van der Waals surface area contributed by atoms with E-state index in [0.717, 1.165) is 0 Å². The molecule has 76 valence electrons.